The number of nitrogens with two attached hydrogens (primary N) is 1. The van der Waals surface area contributed by atoms with Crippen LogP contribution in [0.4, 0.5) is 11.6 Å². The number of anilines is 2. The fourth-order valence-electron chi connectivity index (χ4n) is 1.97. The van der Waals surface area contributed by atoms with E-state index in [-0.39, 0.29) is 28.3 Å². The van der Waals surface area contributed by atoms with Crippen LogP contribution in [0.3, 0.4) is 0 Å². The number of halogens is 2. The first kappa shape index (κ1) is 13.9. The highest BCUT2D eigenvalue weighted by Gasteiger charge is 2.34. The Morgan fingerprint density at radius 1 is 1.47 bits per heavy atom. The molecule has 0 saturated carbocycles. The molecule has 0 spiro atoms. The van der Waals surface area contributed by atoms with Crippen molar-refractivity contribution in [3.63, 3.8) is 0 Å². The fraction of sp³-hybridized carbons (Fsp3) is 0.364. The Morgan fingerprint density at radius 3 is 2.79 bits per heavy atom. The van der Waals surface area contributed by atoms with Crippen molar-refractivity contribution < 1.29 is 9.59 Å². The van der Waals surface area contributed by atoms with Crippen LogP contribution < -0.4 is 16.0 Å². The molecule has 1 aromatic rings. The molecule has 0 aromatic carbocycles. The lowest BCUT2D eigenvalue weighted by molar-refractivity contribution is -0.132. The average molecular weight is 303 g/mol. The zero-order chi connectivity index (χ0) is 14.2. The minimum Gasteiger partial charge on any atom is -0.382 e. The van der Waals surface area contributed by atoms with Crippen LogP contribution in [0.5, 0.6) is 0 Å². The van der Waals surface area contributed by atoms with Gasteiger partial charge in [-0.2, -0.15) is 0 Å². The Kier molecular flexibility index (Phi) is 3.82. The second-order valence-corrected chi connectivity index (χ2v) is 4.94. The van der Waals surface area contributed by atoms with Gasteiger partial charge in [-0.05, 0) is 12.5 Å². The first-order valence-corrected chi connectivity index (χ1v) is 6.41. The van der Waals surface area contributed by atoms with Gasteiger partial charge in [0.15, 0.2) is 5.82 Å². The third-order valence-electron chi connectivity index (χ3n) is 2.85. The van der Waals surface area contributed by atoms with E-state index in [1.807, 2.05) is 6.92 Å². The van der Waals surface area contributed by atoms with E-state index in [4.69, 9.17) is 28.9 Å². The van der Waals surface area contributed by atoms with Gasteiger partial charge >= 0.3 is 0 Å². The second kappa shape index (κ2) is 5.22. The van der Waals surface area contributed by atoms with Gasteiger partial charge in [-0.15, -0.1) is 0 Å². The number of piperazine rings is 1. The lowest BCUT2D eigenvalue weighted by Gasteiger charge is -2.34. The molecule has 19 heavy (non-hydrogen) atoms. The number of nitrogen functional groups attached to an aromatic ring is 1. The summed E-state index contributed by atoms with van der Waals surface area (Å²) in [6.07, 6.45) is 0.514. The number of nitrogens with one attached hydrogen (secondary N) is 1. The topological polar surface area (TPSA) is 88.3 Å². The Bertz CT molecular complexity index is 550. The molecule has 1 saturated heterocycles. The summed E-state index contributed by atoms with van der Waals surface area (Å²) in [6, 6.07) is 0.938. The normalized spacial score (nSPS) is 19.5. The first-order chi connectivity index (χ1) is 8.93. The van der Waals surface area contributed by atoms with Crippen molar-refractivity contribution >= 4 is 46.7 Å². The van der Waals surface area contributed by atoms with Crippen molar-refractivity contribution in [1.29, 1.82) is 0 Å². The second-order valence-electron chi connectivity index (χ2n) is 4.13. The summed E-state index contributed by atoms with van der Waals surface area (Å²) in [7, 11) is 0. The van der Waals surface area contributed by atoms with Gasteiger partial charge in [0, 0.05) is 0 Å². The van der Waals surface area contributed by atoms with Crippen LogP contribution >= 0.6 is 23.2 Å². The molecule has 0 radical (unpaired) electrons. The molecule has 102 valence electrons. The molecule has 6 nitrogen and oxygen atoms in total. The quantitative estimate of drug-likeness (QED) is 0.802. The van der Waals surface area contributed by atoms with Crippen LogP contribution in [0, 0.1) is 0 Å². The average Bonchev–Trinajstić information content (AvgIpc) is 2.33. The third-order valence-corrected chi connectivity index (χ3v) is 3.43. The van der Waals surface area contributed by atoms with Crippen molar-refractivity contribution in [3.8, 4) is 0 Å². The predicted octanol–water partition coefficient (Wildman–Crippen LogP) is 1.21. The summed E-state index contributed by atoms with van der Waals surface area (Å²) in [5.74, 6) is -0.376. The fourth-order valence-corrected chi connectivity index (χ4v) is 2.43. The number of aromatic nitrogens is 1. The molecular weight excluding hydrogens is 291 g/mol. The van der Waals surface area contributed by atoms with Crippen LogP contribution in [0.15, 0.2) is 6.07 Å². The Morgan fingerprint density at radius 2 is 2.16 bits per heavy atom. The van der Waals surface area contributed by atoms with Crippen LogP contribution in [0.25, 0.3) is 0 Å². The summed E-state index contributed by atoms with van der Waals surface area (Å²) in [5.41, 5.74) is 5.64. The molecule has 1 aliphatic heterocycles. The summed E-state index contributed by atoms with van der Waals surface area (Å²) in [5, 5.41) is 2.76. The van der Waals surface area contributed by atoms with Gasteiger partial charge in [-0.25, -0.2) is 4.98 Å². The zero-order valence-corrected chi connectivity index (χ0v) is 11.6. The molecule has 1 aromatic heterocycles. The molecule has 1 unspecified atom stereocenters. The Balaban J connectivity index is 2.46. The van der Waals surface area contributed by atoms with Crippen molar-refractivity contribution in [2.75, 3.05) is 17.2 Å². The number of amides is 2. The van der Waals surface area contributed by atoms with Crippen molar-refractivity contribution in [2.24, 2.45) is 0 Å². The van der Waals surface area contributed by atoms with Gasteiger partial charge in [-0.1, -0.05) is 30.1 Å². The number of imide groups is 1. The molecule has 1 aliphatic rings. The van der Waals surface area contributed by atoms with Gasteiger partial charge in [0.25, 0.3) is 0 Å². The van der Waals surface area contributed by atoms with Crippen LogP contribution in [-0.4, -0.2) is 29.4 Å². The number of pyridine rings is 1. The van der Waals surface area contributed by atoms with E-state index >= 15 is 0 Å². The van der Waals surface area contributed by atoms with E-state index in [0.717, 1.165) is 0 Å². The summed E-state index contributed by atoms with van der Waals surface area (Å²) in [6.45, 7) is 1.83. The minimum absolute atomic E-state index is 0.00195. The zero-order valence-electron chi connectivity index (χ0n) is 10.1. The smallest absolute Gasteiger partial charge is 0.249 e. The molecule has 8 heteroatoms. The predicted molar refractivity (Wildman–Crippen MR) is 73.2 cm³/mol. The lowest BCUT2D eigenvalue weighted by Crippen LogP contribution is -2.58. The molecule has 0 aliphatic carbocycles. The molecule has 1 atom stereocenters. The monoisotopic (exact) mass is 302 g/mol. The third kappa shape index (κ3) is 2.59. The standard InChI is InChI=1S/C11H12Cl2N4O2/c1-2-7-11(19)15-8(18)4-17(7)10-6(13)3-5(12)9(14)16-10/h3,7H,2,4H2,1H3,(H2,14,16)(H,15,18,19). The van der Waals surface area contributed by atoms with Gasteiger partial charge in [0.05, 0.1) is 16.6 Å². The largest absolute Gasteiger partial charge is 0.382 e. The molecule has 1 fully saturated rings. The Labute approximate surface area is 119 Å². The first-order valence-electron chi connectivity index (χ1n) is 5.66. The number of hydrogen-bond donors (Lipinski definition) is 2. The van der Waals surface area contributed by atoms with Crippen molar-refractivity contribution in [2.45, 2.75) is 19.4 Å². The maximum Gasteiger partial charge on any atom is 0.249 e. The van der Waals surface area contributed by atoms with E-state index in [1.54, 1.807) is 0 Å². The van der Waals surface area contributed by atoms with Gasteiger partial charge < -0.3 is 10.6 Å². The van der Waals surface area contributed by atoms with Gasteiger partial charge in [-0.3, -0.25) is 14.9 Å². The maximum absolute atomic E-state index is 11.8. The summed E-state index contributed by atoms with van der Waals surface area (Å²) < 4.78 is 0. The van der Waals surface area contributed by atoms with Gasteiger partial charge in [0.2, 0.25) is 11.8 Å². The Hall–Kier alpha value is -1.53. The maximum atomic E-state index is 11.8. The van der Waals surface area contributed by atoms with E-state index in [0.29, 0.717) is 12.2 Å². The van der Waals surface area contributed by atoms with Crippen LogP contribution in [0.1, 0.15) is 13.3 Å². The molecule has 2 heterocycles. The van der Waals surface area contributed by atoms with Crippen molar-refractivity contribution in [1.82, 2.24) is 10.3 Å². The highest BCUT2D eigenvalue weighted by atomic mass is 35.5. The molecular formula is C11H12Cl2N4O2. The summed E-state index contributed by atoms with van der Waals surface area (Å²) in [4.78, 5) is 28.9. The van der Waals surface area contributed by atoms with Crippen LogP contribution in [-0.2, 0) is 9.59 Å². The highest BCUT2D eigenvalue weighted by Crippen LogP contribution is 2.32. The molecule has 0 bridgehead atoms. The van der Waals surface area contributed by atoms with Crippen LogP contribution in [0.2, 0.25) is 10.0 Å². The van der Waals surface area contributed by atoms with E-state index in [1.165, 1.54) is 11.0 Å². The number of rotatable bonds is 2. The molecule has 2 amide bonds. The SMILES string of the molecule is CCC1C(=O)NC(=O)CN1c1nc(N)c(Cl)cc1Cl. The molecule has 3 N–H and O–H groups in total. The lowest BCUT2D eigenvalue weighted by atomic mass is 10.1. The minimum atomic E-state index is -0.511. The van der Waals surface area contributed by atoms with Gasteiger partial charge in [0.1, 0.15) is 11.9 Å². The number of carbonyl (C=O) groups is 2. The number of hydrogen-bond acceptors (Lipinski definition) is 5. The highest BCUT2D eigenvalue weighted by molar-refractivity contribution is 6.37. The van der Waals surface area contributed by atoms with E-state index < -0.39 is 11.9 Å². The van der Waals surface area contributed by atoms with E-state index in [2.05, 4.69) is 10.3 Å². The van der Waals surface area contributed by atoms with Crippen molar-refractivity contribution in [3.05, 3.63) is 16.1 Å². The number of carbonyl (C=O) groups excluding carboxylic acids is 2. The summed E-state index contributed by atoms with van der Waals surface area (Å²) >= 11 is 11.9. The van der Waals surface area contributed by atoms with E-state index in [9.17, 15) is 9.59 Å². The number of nitrogens with zero attached hydrogens (tertiary/aromatic N) is 2. The molecule has 2 rings (SSSR count).